The third-order valence-electron chi connectivity index (χ3n) is 1.27. The van der Waals surface area contributed by atoms with E-state index in [9.17, 15) is 9.18 Å². The van der Waals surface area contributed by atoms with Crippen LogP contribution in [0.2, 0.25) is 5.02 Å². The van der Waals surface area contributed by atoms with Gasteiger partial charge in [0.2, 0.25) is 6.41 Å². The van der Waals surface area contributed by atoms with Crippen LogP contribution in [0.3, 0.4) is 0 Å². The molecule has 0 aromatic carbocycles. The summed E-state index contributed by atoms with van der Waals surface area (Å²) in [6, 6.07) is 1.35. The standard InChI is InChI=1S/C7H6ClFN2O/c8-5-1-2-11-6(7(5)9)3-10-4-12/h1-2,4H,3H2,(H,10,12). The average molecular weight is 189 g/mol. The second-order valence-corrected chi connectivity index (χ2v) is 2.46. The minimum atomic E-state index is -0.589. The molecule has 0 unspecified atom stereocenters. The minimum absolute atomic E-state index is 0.00713. The molecule has 1 aromatic heterocycles. The van der Waals surface area contributed by atoms with Crippen molar-refractivity contribution < 1.29 is 9.18 Å². The molecule has 64 valence electrons. The van der Waals surface area contributed by atoms with E-state index in [0.717, 1.165) is 0 Å². The summed E-state index contributed by atoms with van der Waals surface area (Å²) in [5, 5.41) is 2.30. The summed E-state index contributed by atoms with van der Waals surface area (Å²) in [4.78, 5) is 13.6. The molecule has 1 rings (SSSR count). The number of aromatic nitrogens is 1. The lowest BCUT2D eigenvalue weighted by Gasteiger charge is -2.00. The first kappa shape index (κ1) is 8.93. The van der Waals surface area contributed by atoms with Gasteiger partial charge in [-0.25, -0.2) is 4.39 Å². The zero-order valence-corrected chi connectivity index (χ0v) is 6.81. The fourth-order valence-electron chi connectivity index (χ4n) is 0.722. The van der Waals surface area contributed by atoms with Crippen molar-refractivity contribution in [2.45, 2.75) is 6.54 Å². The zero-order chi connectivity index (χ0) is 8.97. The van der Waals surface area contributed by atoms with Crippen molar-refractivity contribution in [3.63, 3.8) is 0 Å². The van der Waals surface area contributed by atoms with Crippen molar-refractivity contribution >= 4 is 18.0 Å². The van der Waals surface area contributed by atoms with Gasteiger partial charge in [0.05, 0.1) is 17.3 Å². The van der Waals surface area contributed by atoms with Crippen LogP contribution in [0, 0.1) is 5.82 Å². The zero-order valence-electron chi connectivity index (χ0n) is 6.05. The lowest BCUT2D eigenvalue weighted by atomic mass is 10.3. The normalized spacial score (nSPS) is 9.50. The van der Waals surface area contributed by atoms with Gasteiger partial charge < -0.3 is 5.32 Å². The summed E-state index contributed by atoms with van der Waals surface area (Å²) in [6.07, 6.45) is 1.86. The molecule has 3 nitrogen and oxygen atoms in total. The molecule has 1 heterocycles. The quantitative estimate of drug-likeness (QED) is 0.723. The Morgan fingerprint density at radius 2 is 2.50 bits per heavy atom. The molecule has 1 aromatic rings. The molecule has 0 fully saturated rings. The molecule has 0 atom stereocenters. The predicted molar refractivity (Wildman–Crippen MR) is 42.1 cm³/mol. The molecule has 12 heavy (non-hydrogen) atoms. The summed E-state index contributed by atoms with van der Waals surface area (Å²) in [5.41, 5.74) is 0.134. The number of amides is 1. The Kier molecular flexibility index (Phi) is 2.99. The van der Waals surface area contributed by atoms with E-state index in [1.165, 1.54) is 12.3 Å². The molecule has 0 aliphatic heterocycles. The van der Waals surface area contributed by atoms with Gasteiger partial charge in [-0.05, 0) is 6.07 Å². The van der Waals surface area contributed by atoms with Gasteiger partial charge in [0, 0.05) is 6.20 Å². The van der Waals surface area contributed by atoms with Crippen molar-refractivity contribution in [1.82, 2.24) is 10.3 Å². The highest BCUT2D eigenvalue weighted by Gasteiger charge is 2.05. The van der Waals surface area contributed by atoms with E-state index >= 15 is 0 Å². The summed E-state index contributed by atoms with van der Waals surface area (Å²) >= 11 is 5.46. The Hall–Kier alpha value is -1.16. The number of pyridine rings is 1. The highest BCUT2D eigenvalue weighted by Crippen LogP contribution is 2.14. The molecular weight excluding hydrogens is 183 g/mol. The van der Waals surface area contributed by atoms with E-state index in [0.29, 0.717) is 6.41 Å². The number of carbonyl (C=O) groups excluding carboxylic acids is 1. The molecule has 5 heteroatoms. The SMILES string of the molecule is O=CNCc1nccc(Cl)c1F. The van der Waals surface area contributed by atoms with E-state index in [-0.39, 0.29) is 17.3 Å². The molecule has 0 bridgehead atoms. The van der Waals surface area contributed by atoms with Crippen molar-refractivity contribution in [3.8, 4) is 0 Å². The topological polar surface area (TPSA) is 42.0 Å². The van der Waals surface area contributed by atoms with Gasteiger partial charge in [0.25, 0.3) is 0 Å². The fourth-order valence-corrected chi connectivity index (χ4v) is 0.887. The van der Waals surface area contributed by atoms with Gasteiger partial charge in [0.15, 0.2) is 5.82 Å². The molecule has 1 amide bonds. The van der Waals surface area contributed by atoms with Crippen LogP contribution in [0.15, 0.2) is 12.3 Å². The molecular formula is C7H6ClFN2O. The largest absolute Gasteiger partial charge is 0.353 e. The highest BCUT2D eigenvalue weighted by molar-refractivity contribution is 6.30. The maximum Gasteiger partial charge on any atom is 0.207 e. The smallest absolute Gasteiger partial charge is 0.207 e. The molecule has 0 aliphatic rings. The van der Waals surface area contributed by atoms with Gasteiger partial charge in [-0.2, -0.15) is 0 Å². The number of hydrogen-bond acceptors (Lipinski definition) is 2. The Balaban J connectivity index is 2.84. The van der Waals surface area contributed by atoms with Crippen LogP contribution in [0.25, 0.3) is 0 Å². The van der Waals surface area contributed by atoms with Gasteiger partial charge in [-0.15, -0.1) is 0 Å². The molecule has 0 spiro atoms. The lowest BCUT2D eigenvalue weighted by molar-refractivity contribution is -0.109. The predicted octanol–water partition coefficient (Wildman–Crippen LogP) is 1.12. The average Bonchev–Trinajstić information content (AvgIpc) is 2.08. The number of nitrogens with one attached hydrogen (secondary N) is 1. The van der Waals surface area contributed by atoms with Gasteiger partial charge in [-0.3, -0.25) is 9.78 Å². The second-order valence-electron chi connectivity index (χ2n) is 2.05. The molecule has 0 saturated carbocycles. The number of halogens is 2. The van der Waals surface area contributed by atoms with E-state index in [4.69, 9.17) is 11.6 Å². The summed E-state index contributed by atoms with van der Waals surface area (Å²) < 4.78 is 13.0. The first-order valence-corrected chi connectivity index (χ1v) is 3.59. The molecule has 0 radical (unpaired) electrons. The number of hydrogen-bond donors (Lipinski definition) is 1. The van der Waals surface area contributed by atoms with Gasteiger partial charge in [0.1, 0.15) is 0 Å². The number of rotatable bonds is 3. The minimum Gasteiger partial charge on any atom is -0.353 e. The Labute approximate surface area is 73.6 Å². The van der Waals surface area contributed by atoms with Crippen LogP contribution >= 0.6 is 11.6 Å². The van der Waals surface area contributed by atoms with E-state index in [1.807, 2.05) is 0 Å². The van der Waals surface area contributed by atoms with Crippen LogP contribution in [-0.2, 0) is 11.3 Å². The monoisotopic (exact) mass is 188 g/mol. The van der Waals surface area contributed by atoms with E-state index in [1.54, 1.807) is 0 Å². The number of carbonyl (C=O) groups is 1. The first-order chi connectivity index (χ1) is 5.75. The molecule has 0 aliphatic carbocycles. The first-order valence-electron chi connectivity index (χ1n) is 3.21. The summed E-state index contributed by atoms with van der Waals surface area (Å²) in [5.74, 6) is -0.589. The summed E-state index contributed by atoms with van der Waals surface area (Å²) in [6.45, 7) is 0.0515. The third-order valence-corrected chi connectivity index (χ3v) is 1.56. The van der Waals surface area contributed by atoms with Crippen LogP contribution in [0.5, 0.6) is 0 Å². The van der Waals surface area contributed by atoms with Gasteiger partial charge in [-0.1, -0.05) is 11.6 Å². The third kappa shape index (κ3) is 1.92. The highest BCUT2D eigenvalue weighted by atomic mass is 35.5. The second kappa shape index (κ2) is 4.01. The van der Waals surface area contributed by atoms with Crippen LogP contribution in [0.1, 0.15) is 5.69 Å². The maximum absolute atomic E-state index is 13.0. The van der Waals surface area contributed by atoms with Crippen molar-refractivity contribution in [2.24, 2.45) is 0 Å². The summed E-state index contributed by atoms with van der Waals surface area (Å²) in [7, 11) is 0. The van der Waals surface area contributed by atoms with Gasteiger partial charge >= 0.3 is 0 Å². The van der Waals surface area contributed by atoms with Crippen LogP contribution in [-0.4, -0.2) is 11.4 Å². The van der Waals surface area contributed by atoms with Crippen molar-refractivity contribution in [2.75, 3.05) is 0 Å². The lowest BCUT2D eigenvalue weighted by Crippen LogP contribution is -2.12. The van der Waals surface area contributed by atoms with E-state index < -0.39 is 5.82 Å². The van der Waals surface area contributed by atoms with Crippen molar-refractivity contribution in [1.29, 1.82) is 0 Å². The maximum atomic E-state index is 13.0. The van der Waals surface area contributed by atoms with Crippen LogP contribution in [0.4, 0.5) is 4.39 Å². The molecule has 0 saturated heterocycles. The molecule has 1 N–H and O–H groups in total. The Bertz CT molecular complexity index is 293. The Morgan fingerprint density at radius 1 is 1.75 bits per heavy atom. The van der Waals surface area contributed by atoms with E-state index in [2.05, 4.69) is 10.3 Å². The fraction of sp³-hybridized carbons (Fsp3) is 0.143. The van der Waals surface area contributed by atoms with Crippen molar-refractivity contribution in [3.05, 3.63) is 28.8 Å². The van der Waals surface area contributed by atoms with Crippen LogP contribution < -0.4 is 5.32 Å². The Morgan fingerprint density at radius 3 is 3.17 bits per heavy atom. The number of nitrogens with zero attached hydrogens (tertiary/aromatic N) is 1.